The first-order valence-electron chi connectivity index (χ1n) is 13.7. The Morgan fingerprint density at radius 3 is 2.50 bits per heavy atom. The van der Waals surface area contributed by atoms with E-state index >= 15 is 0 Å². The average molecular weight is 497 g/mol. The van der Waals surface area contributed by atoms with E-state index in [0.29, 0.717) is 12.3 Å². The van der Waals surface area contributed by atoms with E-state index in [2.05, 4.69) is 13.8 Å². The molecule has 7 atom stereocenters. The first-order chi connectivity index (χ1) is 17.3. The van der Waals surface area contributed by atoms with Crippen molar-refractivity contribution >= 4 is 17.5 Å². The highest BCUT2D eigenvalue weighted by atomic mass is 16.6. The summed E-state index contributed by atoms with van der Waals surface area (Å²) in [6, 6.07) is 9.86. The molecule has 1 N–H and O–H groups in total. The maximum absolute atomic E-state index is 13.4. The summed E-state index contributed by atoms with van der Waals surface area (Å²) in [5, 5.41) is 9.42. The number of carbonyl (C=O) groups is 2. The van der Waals surface area contributed by atoms with Gasteiger partial charge in [0.1, 0.15) is 30.0 Å². The Hall–Kier alpha value is -2.18. The molecule has 2 aliphatic carbocycles. The number of allylic oxidation sites excluding steroid dienone is 1. The SMILES string of the molecule is C/C(=C\C(=O)OC1C2C(C)CCC2C2(C)OC1(C1CCCCC1)CC2OC(=O)CO)c1ccccc1. The minimum atomic E-state index is -0.681. The standard InChI is InChI=1S/C30H40O6/c1-19-14-15-23-27(19)28(35-25(32)16-20(2)21-10-6-4-7-11-21)30(22-12-8-5-9-13-22)17-24(29(23,3)36-30)34-26(33)18-31/h4,6-7,10-11,16,19,22-24,27-28,31H,5,8-9,12-15,17-18H2,1-3H3/b20-16+. The second-order valence-corrected chi connectivity index (χ2v) is 11.7. The zero-order valence-electron chi connectivity index (χ0n) is 21.8. The number of fused-ring (bicyclic) bond motifs is 4. The summed E-state index contributed by atoms with van der Waals surface area (Å²) in [7, 11) is 0. The Balaban J connectivity index is 1.52. The van der Waals surface area contributed by atoms with Crippen LogP contribution in [0.1, 0.15) is 77.7 Å². The molecule has 0 aromatic heterocycles. The van der Waals surface area contributed by atoms with E-state index < -0.39 is 29.9 Å². The molecule has 1 aromatic carbocycles. The molecular weight excluding hydrogens is 456 g/mol. The maximum atomic E-state index is 13.4. The monoisotopic (exact) mass is 496 g/mol. The summed E-state index contributed by atoms with van der Waals surface area (Å²) in [4.78, 5) is 25.6. The van der Waals surface area contributed by atoms with Gasteiger partial charge in [-0.3, -0.25) is 0 Å². The molecule has 36 heavy (non-hydrogen) atoms. The van der Waals surface area contributed by atoms with E-state index in [4.69, 9.17) is 14.2 Å². The summed E-state index contributed by atoms with van der Waals surface area (Å²) in [5.74, 6) is -0.0520. The van der Waals surface area contributed by atoms with Crippen LogP contribution in [-0.2, 0) is 23.8 Å². The Kier molecular flexibility index (Phi) is 7.03. The Morgan fingerprint density at radius 2 is 1.81 bits per heavy atom. The van der Waals surface area contributed by atoms with Crippen molar-refractivity contribution in [1.82, 2.24) is 0 Å². The highest BCUT2D eigenvalue weighted by Gasteiger charge is 2.73. The molecule has 1 aromatic rings. The first-order valence-corrected chi connectivity index (χ1v) is 13.7. The van der Waals surface area contributed by atoms with Gasteiger partial charge in [-0.25, -0.2) is 9.59 Å². The van der Waals surface area contributed by atoms with E-state index in [1.807, 2.05) is 37.3 Å². The highest BCUT2D eigenvalue weighted by Crippen LogP contribution is 2.64. The summed E-state index contributed by atoms with van der Waals surface area (Å²) in [6.07, 6.45) is 8.76. The van der Waals surface area contributed by atoms with Gasteiger partial charge in [-0.05, 0) is 68.4 Å². The van der Waals surface area contributed by atoms with Gasteiger partial charge in [0, 0.05) is 18.4 Å². The molecule has 196 valence electrons. The zero-order valence-corrected chi connectivity index (χ0v) is 21.8. The van der Waals surface area contributed by atoms with Crippen molar-refractivity contribution in [1.29, 1.82) is 0 Å². The minimum absolute atomic E-state index is 0.125. The molecular formula is C30H40O6. The van der Waals surface area contributed by atoms with Crippen LogP contribution in [0.5, 0.6) is 0 Å². The summed E-state index contributed by atoms with van der Waals surface area (Å²) in [6.45, 7) is 5.63. The lowest BCUT2D eigenvalue weighted by Gasteiger charge is -2.54. The number of hydrogen-bond acceptors (Lipinski definition) is 6. The van der Waals surface area contributed by atoms with Gasteiger partial charge in [-0.15, -0.1) is 0 Å². The summed E-state index contributed by atoms with van der Waals surface area (Å²) < 4.78 is 19.4. The molecule has 4 aliphatic rings. The number of esters is 2. The molecule has 6 heteroatoms. The molecule has 2 saturated heterocycles. The molecule has 0 radical (unpaired) electrons. The van der Waals surface area contributed by atoms with Gasteiger partial charge in [0.15, 0.2) is 0 Å². The molecule has 5 rings (SSSR count). The first kappa shape index (κ1) is 25.5. The van der Waals surface area contributed by atoms with Gasteiger partial charge < -0.3 is 19.3 Å². The number of benzene rings is 1. The smallest absolute Gasteiger partial charge is 0.332 e. The van der Waals surface area contributed by atoms with Gasteiger partial charge in [-0.1, -0.05) is 56.5 Å². The van der Waals surface area contributed by atoms with Crippen molar-refractivity contribution in [3.63, 3.8) is 0 Å². The Bertz CT molecular complexity index is 998. The fraction of sp³-hybridized carbons (Fsp3) is 0.667. The molecule has 2 heterocycles. The number of rotatable bonds is 6. The third-order valence-electron chi connectivity index (χ3n) is 9.68. The molecule has 2 bridgehead atoms. The van der Waals surface area contributed by atoms with Crippen LogP contribution >= 0.6 is 0 Å². The number of aliphatic hydroxyl groups excluding tert-OH is 1. The van der Waals surface area contributed by atoms with Crippen molar-refractivity contribution in [2.24, 2.45) is 23.7 Å². The number of aliphatic hydroxyl groups is 1. The normalized spacial score (nSPS) is 38.4. The van der Waals surface area contributed by atoms with Gasteiger partial charge >= 0.3 is 11.9 Å². The van der Waals surface area contributed by atoms with E-state index in [1.54, 1.807) is 6.08 Å². The van der Waals surface area contributed by atoms with Crippen molar-refractivity contribution in [2.45, 2.75) is 95.5 Å². The molecule has 2 saturated carbocycles. The van der Waals surface area contributed by atoms with Crippen molar-refractivity contribution in [3.8, 4) is 0 Å². The van der Waals surface area contributed by atoms with E-state index in [1.165, 1.54) is 6.42 Å². The van der Waals surface area contributed by atoms with Crippen molar-refractivity contribution in [2.75, 3.05) is 6.61 Å². The predicted octanol–water partition coefficient (Wildman–Crippen LogP) is 5.08. The molecule has 6 nitrogen and oxygen atoms in total. The van der Waals surface area contributed by atoms with E-state index in [0.717, 1.165) is 49.7 Å². The zero-order chi connectivity index (χ0) is 25.5. The van der Waals surface area contributed by atoms with Gasteiger partial charge in [0.2, 0.25) is 0 Å². The minimum Gasteiger partial charge on any atom is -0.457 e. The van der Waals surface area contributed by atoms with Crippen LogP contribution in [-0.4, -0.2) is 47.1 Å². The van der Waals surface area contributed by atoms with Crippen LogP contribution in [0.25, 0.3) is 5.57 Å². The fourth-order valence-corrected chi connectivity index (χ4v) is 7.95. The second-order valence-electron chi connectivity index (χ2n) is 11.7. The quantitative estimate of drug-likeness (QED) is 0.437. The number of ether oxygens (including phenoxy) is 3. The number of carbonyl (C=O) groups excluding carboxylic acids is 2. The van der Waals surface area contributed by atoms with Gasteiger partial charge in [0.05, 0.1) is 0 Å². The van der Waals surface area contributed by atoms with Gasteiger partial charge in [-0.2, -0.15) is 0 Å². The Morgan fingerprint density at radius 1 is 1.08 bits per heavy atom. The van der Waals surface area contributed by atoms with Crippen LogP contribution in [0.3, 0.4) is 0 Å². The lowest BCUT2D eigenvalue weighted by atomic mass is 9.66. The number of hydrogen-bond donors (Lipinski definition) is 1. The van der Waals surface area contributed by atoms with E-state index in [-0.39, 0.29) is 29.8 Å². The van der Waals surface area contributed by atoms with Crippen LogP contribution < -0.4 is 0 Å². The maximum Gasteiger partial charge on any atom is 0.332 e. The van der Waals surface area contributed by atoms with Crippen LogP contribution in [0.4, 0.5) is 0 Å². The molecule has 4 fully saturated rings. The highest BCUT2D eigenvalue weighted by molar-refractivity contribution is 5.91. The van der Waals surface area contributed by atoms with Crippen molar-refractivity contribution in [3.05, 3.63) is 42.0 Å². The molecule has 7 unspecified atom stereocenters. The predicted molar refractivity (Wildman–Crippen MR) is 136 cm³/mol. The third-order valence-corrected chi connectivity index (χ3v) is 9.68. The van der Waals surface area contributed by atoms with Crippen molar-refractivity contribution < 1.29 is 28.9 Å². The summed E-state index contributed by atoms with van der Waals surface area (Å²) >= 11 is 0. The van der Waals surface area contributed by atoms with Crippen LogP contribution in [0.2, 0.25) is 0 Å². The molecule has 2 aliphatic heterocycles. The second kappa shape index (κ2) is 9.94. The molecule has 0 spiro atoms. The van der Waals surface area contributed by atoms with Crippen LogP contribution in [0, 0.1) is 23.7 Å². The third kappa shape index (κ3) is 4.30. The Labute approximate surface area is 214 Å². The topological polar surface area (TPSA) is 82.1 Å². The van der Waals surface area contributed by atoms with Crippen LogP contribution in [0.15, 0.2) is 36.4 Å². The van der Waals surface area contributed by atoms with Gasteiger partial charge in [0.25, 0.3) is 0 Å². The summed E-state index contributed by atoms with van der Waals surface area (Å²) in [5.41, 5.74) is 0.537. The molecule has 0 amide bonds. The lowest BCUT2D eigenvalue weighted by molar-refractivity contribution is -0.270. The lowest BCUT2D eigenvalue weighted by Crippen LogP contribution is -2.63. The fourth-order valence-electron chi connectivity index (χ4n) is 7.95. The average Bonchev–Trinajstić information content (AvgIpc) is 3.40. The van der Waals surface area contributed by atoms with E-state index in [9.17, 15) is 14.7 Å². The largest absolute Gasteiger partial charge is 0.457 e.